The fraction of sp³-hybridized carbons (Fsp3) is 0.107. The summed E-state index contributed by atoms with van der Waals surface area (Å²) in [6, 6.07) is 25.3. The number of fused-ring (bicyclic) bond motifs is 2. The van der Waals surface area contributed by atoms with Crippen molar-refractivity contribution in [1.82, 2.24) is 14.5 Å². The second-order valence-electron chi connectivity index (χ2n) is 8.38. The molecule has 0 radical (unpaired) electrons. The highest BCUT2D eigenvalue weighted by Gasteiger charge is 2.25. The van der Waals surface area contributed by atoms with Crippen molar-refractivity contribution in [2.75, 3.05) is 7.05 Å². The summed E-state index contributed by atoms with van der Waals surface area (Å²) in [5, 5.41) is 3.26. The lowest BCUT2D eigenvalue weighted by Crippen LogP contribution is -2.34. The summed E-state index contributed by atoms with van der Waals surface area (Å²) >= 11 is 12.2. The SMILES string of the molecule is CC(c1nc2ccccc2c(=O)n1-c1ccc2ccccc2c1)N(C)C(=O)c1ccc(Cl)c(Cl)c1. The first-order valence-corrected chi connectivity index (χ1v) is 11.8. The highest BCUT2D eigenvalue weighted by molar-refractivity contribution is 6.42. The summed E-state index contributed by atoms with van der Waals surface area (Å²) in [5.74, 6) is 0.198. The van der Waals surface area contributed by atoms with Crippen molar-refractivity contribution < 1.29 is 4.79 Å². The summed E-state index contributed by atoms with van der Waals surface area (Å²) in [5.41, 5.74) is 1.47. The Hall–Kier alpha value is -3.67. The van der Waals surface area contributed by atoms with Crippen LogP contribution in [0.5, 0.6) is 0 Å². The molecule has 5 rings (SSSR count). The number of benzene rings is 4. The van der Waals surface area contributed by atoms with Gasteiger partial charge in [-0.05, 0) is 60.2 Å². The number of para-hydroxylation sites is 1. The lowest BCUT2D eigenvalue weighted by molar-refractivity contribution is 0.0735. The molecule has 0 aliphatic carbocycles. The van der Waals surface area contributed by atoms with E-state index in [0.29, 0.717) is 38.0 Å². The van der Waals surface area contributed by atoms with Gasteiger partial charge in [-0.2, -0.15) is 0 Å². The van der Waals surface area contributed by atoms with Gasteiger partial charge in [0.15, 0.2) is 0 Å². The zero-order valence-electron chi connectivity index (χ0n) is 19.1. The summed E-state index contributed by atoms with van der Waals surface area (Å²) in [7, 11) is 1.68. The standard InChI is InChI=1S/C28H21Cl2N3O2/c1-17(32(2)27(34)20-12-14-23(29)24(30)16-20)26-31-25-10-6-5-9-22(25)28(35)33(26)21-13-11-18-7-3-4-8-19(18)15-21/h3-17H,1-2H3. The van der Waals surface area contributed by atoms with Gasteiger partial charge in [0.25, 0.3) is 11.5 Å². The first-order valence-electron chi connectivity index (χ1n) is 11.1. The number of nitrogens with zero attached hydrogens (tertiary/aromatic N) is 3. The highest BCUT2D eigenvalue weighted by atomic mass is 35.5. The van der Waals surface area contributed by atoms with E-state index < -0.39 is 6.04 Å². The van der Waals surface area contributed by atoms with Crippen molar-refractivity contribution in [3.05, 3.63) is 117 Å². The smallest absolute Gasteiger partial charge is 0.266 e. The average Bonchev–Trinajstić information content (AvgIpc) is 2.88. The molecule has 1 heterocycles. The molecule has 1 unspecified atom stereocenters. The van der Waals surface area contributed by atoms with Crippen molar-refractivity contribution in [2.24, 2.45) is 0 Å². The normalized spacial score (nSPS) is 12.1. The van der Waals surface area contributed by atoms with E-state index >= 15 is 0 Å². The van der Waals surface area contributed by atoms with Gasteiger partial charge in [-0.15, -0.1) is 0 Å². The third-order valence-corrected chi connectivity index (χ3v) is 6.97. The molecule has 35 heavy (non-hydrogen) atoms. The van der Waals surface area contributed by atoms with Crippen LogP contribution in [-0.2, 0) is 0 Å². The molecule has 0 fully saturated rings. The lowest BCUT2D eigenvalue weighted by atomic mass is 10.1. The maximum atomic E-state index is 13.7. The number of carbonyl (C=O) groups excluding carboxylic acids is 1. The quantitative estimate of drug-likeness (QED) is 0.276. The summed E-state index contributed by atoms with van der Waals surface area (Å²) in [6.45, 7) is 1.85. The number of amides is 1. The van der Waals surface area contributed by atoms with E-state index in [0.717, 1.165) is 10.8 Å². The second-order valence-corrected chi connectivity index (χ2v) is 9.19. The van der Waals surface area contributed by atoms with Gasteiger partial charge in [0.2, 0.25) is 0 Å². The molecule has 0 bridgehead atoms. The molecule has 1 amide bonds. The molecule has 4 aromatic carbocycles. The van der Waals surface area contributed by atoms with Crippen LogP contribution in [0.15, 0.2) is 89.7 Å². The number of rotatable bonds is 4. The molecule has 174 valence electrons. The molecule has 0 aliphatic heterocycles. The van der Waals surface area contributed by atoms with E-state index in [2.05, 4.69) is 0 Å². The van der Waals surface area contributed by atoms with Gasteiger partial charge >= 0.3 is 0 Å². The zero-order chi connectivity index (χ0) is 24.7. The van der Waals surface area contributed by atoms with Crippen LogP contribution in [0.25, 0.3) is 27.4 Å². The van der Waals surface area contributed by atoms with Gasteiger partial charge in [-0.25, -0.2) is 4.98 Å². The number of halogens is 2. The van der Waals surface area contributed by atoms with E-state index in [1.807, 2.05) is 61.5 Å². The van der Waals surface area contributed by atoms with Crippen molar-refractivity contribution in [1.29, 1.82) is 0 Å². The van der Waals surface area contributed by atoms with Crippen molar-refractivity contribution in [2.45, 2.75) is 13.0 Å². The molecule has 5 nitrogen and oxygen atoms in total. The second kappa shape index (κ2) is 9.17. The number of carbonyl (C=O) groups is 1. The monoisotopic (exact) mass is 501 g/mol. The molecular weight excluding hydrogens is 481 g/mol. The Morgan fingerprint density at radius 1 is 0.886 bits per heavy atom. The van der Waals surface area contributed by atoms with Crippen LogP contribution >= 0.6 is 23.2 Å². The highest BCUT2D eigenvalue weighted by Crippen LogP contribution is 2.27. The predicted molar refractivity (Wildman–Crippen MR) is 142 cm³/mol. The van der Waals surface area contributed by atoms with E-state index in [4.69, 9.17) is 28.2 Å². The van der Waals surface area contributed by atoms with E-state index in [1.54, 1.807) is 46.8 Å². The largest absolute Gasteiger partial charge is 0.332 e. The molecule has 0 aliphatic rings. The van der Waals surface area contributed by atoms with Gasteiger partial charge in [0, 0.05) is 12.6 Å². The zero-order valence-corrected chi connectivity index (χ0v) is 20.6. The molecule has 0 saturated carbocycles. The van der Waals surface area contributed by atoms with Gasteiger partial charge < -0.3 is 4.90 Å². The first kappa shape index (κ1) is 23.1. The maximum absolute atomic E-state index is 13.7. The Kier molecular flexibility index (Phi) is 6.05. The molecule has 0 spiro atoms. The Bertz CT molecular complexity index is 1660. The van der Waals surface area contributed by atoms with Crippen molar-refractivity contribution in [3.8, 4) is 5.69 Å². The minimum Gasteiger partial charge on any atom is -0.332 e. The third-order valence-electron chi connectivity index (χ3n) is 6.23. The Morgan fingerprint density at radius 3 is 2.37 bits per heavy atom. The molecule has 5 aromatic rings. The van der Waals surface area contributed by atoms with Crippen LogP contribution in [0, 0.1) is 0 Å². The number of hydrogen-bond donors (Lipinski definition) is 0. The first-order chi connectivity index (χ1) is 16.8. The van der Waals surface area contributed by atoms with Gasteiger partial charge in [0.1, 0.15) is 5.82 Å². The summed E-state index contributed by atoms with van der Waals surface area (Å²) < 4.78 is 1.60. The van der Waals surface area contributed by atoms with Gasteiger partial charge in [-0.3, -0.25) is 14.2 Å². The summed E-state index contributed by atoms with van der Waals surface area (Å²) in [4.78, 5) is 33.4. The van der Waals surface area contributed by atoms with Crippen LogP contribution in [-0.4, -0.2) is 27.4 Å². The van der Waals surface area contributed by atoms with Gasteiger partial charge in [0.05, 0.1) is 32.7 Å². The van der Waals surface area contributed by atoms with Crippen LogP contribution < -0.4 is 5.56 Å². The number of hydrogen-bond acceptors (Lipinski definition) is 3. The fourth-order valence-corrected chi connectivity index (χ4v) is 4.48. The van der Waals surface area contributed by atoms with Crippen LogP contribution in [0.2, 0.25) is 10.0 Å². The fourth-order valence-electron chi connectivity index (χ4n) is 4.18. The average molecular weight is 502 g/mol. The van der Waals surface area contributed by atoms with E-state index in [9.17, 15) is 9.59 Å². The van der Waals surface area contributed by atoms with Crippen LogP contribution in [0.1, 0.15) is 29.1 Å². The molecule has 1 aromatic heterocycles. The molecule has 0 saturated heterocycles. The van der Waals surface area contributed by atoms with Crippen LogP contribution in [0.4, 0.5) is 0 Å². The third kappa shape index (κ3) is 4.18. The minimum atomic E-state index is -0.527. The van der Waals surface area contributed by atoms with E-state index in [-0.39, 0.29) is 11.5 Å². The number of aromatic nitrogens is 2. The Morgan fingerprint density at radius 2 is 1.60 bits per heavy atom. The molecular formula is C28H21Cl2N3O2. The maximum Gasteiger partial charge on any atom is 0.266 e. The topological polar surface area (TPSA) is 55.2 Å². The van der Waals surface area contributed by atoms with E-state index in [1.165, 1.54) is 0 Å². The van der Waals surface area contributed by atoms with Crippen molar-refractivity contribution in [3.63, 3.8) is 0 Å². The molecule has 7 heteroatoms. The van der Waals surface area contributed by atoms with Crippen molar-refractivity contribution >= 4 is 50.8 Å². The Balaban J connectivity index is 1.67. The summed E-state index contributed by atoms with van der Waals surface area (Å²) in [6.07, 6.45) is 0. The lowest BCUT2D eigenvalue weighted by Gasteiger charge is -2.27. The van der Waals surface area contributed by atoms with Gasteiger partial charge in [-0.1, -0.05) is 65.7 Å². The molecule has 0 N–H and O–H groups in total. The Labute approximate surface area is 212 Å². The van der Waals surface area contributed by atoms with Crippen LogP contribution in [0.3, 0.4) is 0 Å². The minimum absolute atomic E-state index is 0.192. The molecule has 1 atom stereocenters. The predicted octanol–water partition coefficient (Wildman–Crippen LogP) is 6.68.